The number of halogens is 1. The van der Waals surface area contributed by atoms with Crippen LogP contribution in [-0.4, -0.2) is 14.9 Å². The van der Waals surface area contributed by atoms with E-state index in [0.717, 1.165) is 17.5 Å². The van der Waals surface area contributed by atoms with Crippen molar-refractivity contribution in [3.8, 4) is 0 Å². The molecule has 0 unspecified atom stereocenters. The lowest BCUT2D eigenvalue weighted by molar-refractivity contribution is 0.186. The van der Waals surface area contributed by atoms with Crippen LogP contribution in [0.5, 0.6) is 0 Å². The Hall–Kier alpha value is -0.313. The van der Waals surface area contributed by atoms with E-state index >= 15 is 0 Å². The summed E-state index contributed by atoms with van der Waals surface area (Å²) in [7, 11) is -1.59. The fourth-order valence-electron chi connectivity index (χ4n) is 2.94. The van der Waals surface area contributed by atoms with E-state index in [0.29, 0.717) is 11.0 Å². The molecule has 1 aromatic carbocycles. The molecule has 1 nitrogen and oxygen atoms in total. The SMILES string of the molecule is CC(C)(C)[Si](C)(C)OCC1CCC(c2ccc(Cl)cc2)CC1. The zero-order valence-corrected chi connectivity index (χ0v) is 16.5. The number of benzene rings is 1. The van der Waals surface area contributed by atoms with Crippen LogP contribution in [-0.2, 0) is 4.43 Å². The minimum Gasteiger partial charge on any atom is -0.417 e. The third-order valence-electron chi connectivity index (χ3n) is 5.67. The minimum atomic E-state index is -1.59. The van der Waals surface area contributed by atoms with Crippen LogP contribution >= 0.6 is 11.6 Å². The molecule has 0 heterocycles. The van der Waals surface area contributed by atoms with Crippen molar-refractivity contribution in [2.45, 2.75) is 70.5 Å². The molecule has 0 amide bonds. The van der Waals surface area contributed by atoms with E-state index < -0.39 is 8.32 Å². The van der Waals surface area contributed by atoms with Gasteiger partial charge in [0.15, 0.2) is 8.32 Å². The summed E-state index contributed by atoms with van der Waals surface area (Å²) in [5.41, 5.74) is 1.45. The Morgan fingerprint density at radius 3 is 2.09 bits per heavy atom. The first kappa shape index (κ1) is 18.0. The molecule has 1 aliphatic carbocycles. The van der Waals surface area contributed by atoms with Crippen molar-refractivity contribution >= 4 is 19.9 Å². The number of hydrogen-bond acceptors (Lipinski definition) is 1. The Labute approximate surface area is 142 Å². The van der Waals surface area contributed by atoms with Gasteiger partial charge < -0.3 is 4.43 Å². The zero-order valence-electron chi connectivity index (χ0n) is 14.8. The van der Waals surface area contributed by atoms with Gasteiger partial charge in [0.2, 0.25) is 0 Å². The van der Waals surface area contributed by atoms with Crippen LogP contribution in [0.15, 0.2) is 24.3 Å². The molecule has 124 valence electrons. The standard InChI is InChI=1S/C19H31ClOSi/c1-19(2,3)22(4,5)21-14-15-6-8-16(9-7-15)17-10-12-18(20)13-11-17/h10-13,15-16H,6-9,14H2,1-5H3. The average Bonchev–Trinajstić information content (AvgIpc) is 2.45. The first-order valence-corrected chi connectivity index (χ1v) is 11.9. The van der Waals surface area contributed by atoms with E-state index in [2.05, 4.69) is 46.0 Å². The third-order valence-corrected chi connectivity index (χ3v) is 10.4. The lowest BCUT2D eigenvalue weighted by Gasteiger charge is -2.38. The Morgan fingerprint density at radius 2 is 1.59 bits per heavy atom. The molecule has 0 aliphatic heterocycles. The molecule has 2 rings (SSSR count). The van der Waals surface area contributed by atoms with E-state index in [9.17, 15) is 0 Å². The van der Waals surface area contributed by atoms with Gasteiger partial charge >= 0.3 is 0 Å². The smallest absolute Gasteiger partial charge is 0.191 e. The van der Waals surface area contributed by atoms with E-state index in [-0.39, 0.29) is 0 Å². The van der Waals surface area contributed by atoms with Gasteiger partial charge in [-0.25, -0.2) is 0 Å². The Morgan fingerprint density at radius 1 is 1.05 bits per heavy atom. The van der Waals surface area contributed by atoms with Gasteiger partial charge in [0.1, 0.15) is 0 Å². The van der Waals surface area contributed by atoms with Crippen LogP contribution in [0.2, 0.25) is 23.2 Å². The van der Waals surface area contributed by atoms with Crippen LogP contribution in [0.3, 0.4) is 0 Å². The second-order valence-electron chi connectivity index (χ2n) is 8.34. The highest BCUT2D eigenvalue weighted by Gasteiger charge is 2.37. The molecular formula is C19H31ClOSi. The molecule has 0 radical (unpaired) electrons. The molecule has 0 atom stereocenters. The molecule has 0 saturated heterocycles. The first-order valence-electron chi connectivity index (χ1n) is 8.58. The summed E-state index contributed by atoms with van der Waals surface area (Å²) < 4.78 is 6.41. The fraction of sp³-hybridized carbons (Fsp3) is 0.684. The molecule has 1 aromatic rings. The topological polar surface area (TPSA) is 9.23 Å². The maximum absolute atomic E-state index is 6.41. The molecule has 0 aromatic heterocycles. The van der Waals surface area contributed by atoms with Gasteiger partial charge in [-0.15, -0.1) is 0 Å². The van der Waals surface area contributed by atoms with Crippen LogP contribution < -0.4 is 0 Å². The second-order valence-corrected chi connectivity index (χ2v) is 13.6. The molecule has 1 aliphatic rings. The lowest BCUT2D eigenvalue weighted by atomic mass is 9.79. The quantitative estimate of drug-likeness (QED) is 0.559. The fourth-order valence-corrected chi connectivity index (χ4v) is 4.15. The highest BCUT2D eigenvalue weighted by Crippen LogP contribution is 2.39. The highest BCUT2D eigenvalue weighted by atomic mass is 35.5. The summed E-state index contributed by atoms with van der Waals surface area (Å²) >= 11 is 5.98. The predicted octanol–water partition coefficient (Wildman–Crippen LogP) is 6.64. The molecule has 0 spiro atoms. The van der Waals surface area contributed by atoms with Gasteiger partial charge in [-0.3, -0.25) is 0 Å². The summed E-state index contributed by atoms with van der Waals surface area (Å²) in [5.74, 6) is 1.46. The van der Waals surface area contributed by atoms with Crippen molar-refractivity contribution in [3.05, 3.63) is 34.9 Å². The van der Waals surface area contributed by atoms with Gasteiger partial charge in [0.05, 0.1) is 0 Å². The highest BCUT2D eigenvalue weighted by molar-refractivity contribution is 6.74. The molecule has 1 fully saturated rings. The molecular weight excluding hydrogens is 308 g/mol. The van der Waals surface area contributed by atoms with Crippen molar-refractivity contribution < 1.29 is 4.43 Å². The van der Waals surface area contributed by atoms with Gasteiger partial charge in [-0.05, 0) is 73.3 Å². The monoisotopic (exact) mass is 338 g/mol. The molecule has 0 bridgehead atoms. The van der Waals surface area contributed by atoms with Crippen LogP contribution in [0.25, 0.3) is 0 Å². The third kappa shape index (κ3) is 4.59. The molecule has 22 heavy (non-hydrogen) atoms. The number of rotatable bonds is 4. The van der Waals surface area contributed by atoms with Gasteiger partial charge in [-0.1, -0.05) is 44.5 Å². The van der Waals surface area contributed by atoms with Gasteiger partial charge in [0, 0.05) is 11.6 Å². The zero-order chi connectivity index (χ0) is 16.4. The second kappa shape index (κ2) is 7.07. The minimum absolute atomic E-state index is 0.313. The summed E-state index contributed by atoms with van der Waals surface area (Å²) in [5, 5.41) is 1.15. The normalized spacial score (nSPS) is 23.5. The molecule has 3 heteroatoms. The molecule has 1 saturated carbocycles. The Bertz CT molecular complexity index is 467. The van der Waals surface area contributed by atoms with Crippen LogP contribution in [0.1, 0.15) is 57.9 Å². The average molecular weight is 339 g/mol. The van der Waals surface area contributed by atoms with Crippen molar-refractivity contribution in [2.75, 3.05) is 6.61 Å². The first-order chi connectivity index (χ1) is 10.2. The van der Waals surface area contributed by atoms with E-state index in [1.807, 2.05) is 12.1 Å². The maximum atomic E-state index is 6.41. The Balaban J connectivity index is 1.81. The summed E-state index contributed by atoms with van der Waals surface area (Å²) in [6, 6.07) is 8.42. The van der Waals surface area contributed by atoms with Crippen LogP contribution in [0.4, 0.5) is 0 Å². The lowest BCUT2D eigenvalue weighted by Crippen LogP contribution is -2.42. The van der Waals surface area contributed by atoms with Crippen LogP contribution in [0, 0.1) is 5.92 Å². The summed E-state index contributed by atoms with van der Waals surface area (Å²) in [6.45, 7) is 12.6. The summed E-state index contributed by atoms with van der Waals surface area (Å²) in [6.07, 6.45) is 5.16. The van der Waals surface area contributed by atoms with E-state index in [1.165, 1.54) is 31.2 Å². The maximum Gasteiger partial charge on any atom is 0.191 e. The van der Waals surface area contributed by atoms with Crippen molar-refractivity contribution in [2.24, 2.45) is 5.92 Å². The Kier molecular flexibility index (Phi) is 5.79. The van der Waals surface area contributed by atoms with Gasteiger partial charge in [-0.2, -0.15) is 0 Å². The van der Waals surface area contributed by atoms with Crippen molar-refractivity contribution in [1.29, 1.82) is 0 Å². The van der Waals surface area contributed by atoms with E-state index in [1.54, 1.807) is 0 Å². The summed E-state index contributed by atoms with van der Waals surface area (Å²) in [4.78, 5) is 0. The van der Waals surface area contributed by atoms with Crippen molar-refractivity contribution in [3.63, 3.8) is 0 Å². The van der Waals surface area contributed by atoms with Gasteiger partial charge in [0.25, 0.3) is 0 Å². The van der Waals surface area contributed by atoms with Crippen molar-refractivity contribution in [1.82, 2.24) is 0 Å². The number of hydrogen-bond donors (Lipinski definition) is 0. The predicted molar refractivity (Wildman–Crippen MR) is 99.3 cm³/mol. The van der Waals surface area contributed by atoms with E-state index in [4.69, 9.17) is 16.0 Å². The molecule has 0 N–H and O–H groups in total. The largest absolute Gasteiger partial charge is 0.417 e.